The van der Waals surface area contributed by atoms with E-state index in [0.717, 1.165) is 0 Å². The number of esters is 1. The second-order valence-electron chi connectivity index (χ2n) is 6.33. The van der Waals surface area contributed by atoms with Crippen LogP contribution in [0.15, 0.2) is 0 Å². The third-order valence-electron chi connectivity index (χ3n) is 3.91. The minimum Gasteiger partial charge on any atom is -0.480 e. The Morgan fingerprint density at radius 1 is 1.13 bits per heavy atom. The summed E-state index contributed by atoms with van der Waals surface area (Å²) in [6.07, 6.45) is -8.16. The lowest BCUT2D eigenvalue weighted by Gasteiger charge is -2.25. The lowest BCUT2D eigenvalue weighted by atomic mass is 10.0. The van der Waals surface area contributed by atoms with E-state index in [0.29, 0.717) is 0 Å². The molecule has 0 heterocycles. The van der Waals surface area contributed by atoms with E-state index in [1.165, 1.54) is 0 Å². The summed E-state index contributed by atoms with van der Waals surface area (Å²) in [6.45, 7) is -1.70. The van der Waals surface area contributed by atoms with E-state index in [4.69, 9.17) is 15.9 Å². The number of hydrogen-bond acceptors (Lipinski definition) is 12. The summed E-state index contributed by atoms with van der Waals surface area (Å²) >= 11 is 3.90. The molecule has 6 atom stereocenters. The van der Waals surface area contributed by atoms with Crippen LogP contribution in [0, 0.1) is 0 Å². The number of carboxylic acid groups (broad SMARTS) is 1. The van der Waals surface area contributed by atoms with Crippen LogP contribution in [-0.2, 0) is 28.7 Å². The average molecular weight is 469 g/mol. The van der Waals surface area contributed by atoms with Gasteiger partial charge in [0.05, 0.1) is 6.61 Å². The van der Waals surface area contributed by atoms with Crippen LogP contribution in [0.1, 0.15) is 12.8 Å². The number of amides is 2. The molecule has 0 aromatic heterocycles. The van der Waals surface area contributed by atoms with Crippen molar-refractivity contribution in [3.63, 3.8) is 0 Å². The maximum absolute atomic E-state index is 12.1. The van der Waals surface area contributed by atoms with Crippen molar-refractivity contribution in [2.24, 2.45) is 5.73 Å². The zero-order valence-electron chi connectivity index (χ0n) is 16.3. The lowest BCUT2D eigenvalue weighted by Crippen LogP contribution is -2.51. The van der Waals surface area contributed by atoms with E-state index in [1.807, 2.05) is 0 Å². The molecule has 0 saturated carbocycles. The summed E-state index contributed by atoms with van der Waals surface area (Å²) in [5, 5.41) is 50.3. The number of aliphatic carboxylic acids is 1. The molecule has 0 fully saturated rings. The van der Waals surface area contributed by atoms with Crippen molar-refractivity contribution in [2.45, 2.75) is 49.3 Å². The third kappa shape index (κ3) is 10.5. The molecule has 9 N–H and O–H groups in total. The predicted octanol–water partition coefficient (Wildman–Crippen LogP) is -5.10. The van der Waals surface area contributed by atoms with Crippen LogP contribution in [0.4, 0.5) is 0 Å². The van der Waals surface area contributed by atoms with Crippen molar-refractivity contribution in [3.05, 3.63) is 0 Å². The zero-order valence-corrected chi connectivity index (χ0v) is 17.2. The van der Waals surface area contributed by atoms with Gasteiger partial charge in [0.1, 0.15) is 36.9 Å². The first-order valence-electron chi connectivity index (χ1n) is 8.94. The van der Waals surface area contributed by atoms with Crippen molar-refractivity contribution < 1.29 is 54.2 Å². The molecule has 0 saturated heterocycles. The normalized spacial score (nSPS) is 16.7. The van der Waals surface area contributed by atoms with Crippen molar-refractivity contribution in [2.75, 3.05) is 18.9 Å². The highest BCUT2D eigenvalue weighted by Gasteiger charge is 2.33. The maximum Gasteiger partial charge on any atom is 0.326 e. The van der Waals surface area contributed by atoms with E-state index in [-0.39, 0.29) is 24.9 Å². The first-order valence-corrected chi connectivity index (χ1v) is 9.57. The molecule has 0 aliphatic carbocycles. The van der Waals surface area contributed by atoms with Gasteiger partial charge in [-0.25, -0.2) is 0 Å². The van der Waals surface area contributed by atoms with Gasteiger partial charge in [0.25, 0.3) is 0 Å². The Bertz CT molecular complexity index is 636. The number of carbonyl (C=O) groups excluding carboxylic acids is 4. The number of carboxylic acids is 1. The number of aliphatic hydroxyl groups is 4. The van der Waals surface area contributed by atoms with Gasteiger partial charge in [0.2, 0.25) is 11.8 Å². The number of aliphatic hydroxyl groups excluding tert-OH is 4. The highest BCUT2D eigenvalue weighted by molar-refractivity contribution is 7.80. The van der Waals surface area contributed by atoms with E-state index in [9.17, 15) is 39.3 Å². The van der Waals surface area contributed by atoms with Crippen LogP contribution in [0.2, 0.25) is 0 Å². The van der Waals surface area contributed by atoms with E-state index in [1.54, 1.807) is 0 Å². The Hall–Kier alpha value is -2.30. The smallest absolute Gasteiger partial charge is 0.326 e. The van der Waals surface area contributed by atoms with Crippen molar-refractivity contribution in [3.8, 4) is 0 Å². The Kier molecular flexibility index (Phi) is 13.6. The van der Waals surface area contributed by atoms with Gasteiger partial charge < -0.3 is 46.6 Å². The largest absolute Gasteiger partial charge is 0.480 e. The molecule has 2 unspecified atom stereocenters. The van der Waals surface area contributed by atoms with Crippen LogP contribution >= 0.6 is 12.6 Å². The van der Waals surface area contributed by atoms with Gasteiger partial charge in [-0.05, 0) is 6.42 Å². The van der Waals surface area contributed by atoms with E-state index < -0.39 is 73.4 Å². The maximum atomic E-state index is 12.1. The van der Waals surface area contributed by atoms with Crippen LogP contribution in [0.25, 0.3) is 0 Å². The van der Waals surface area contributed by atoms with Gasteiger partial charge in [0, 0.05) is 12.2 Å². The summed E-state index contributed by atoms with van der Waals surface area (Å²) < 4.78 is 4.61. The molecule has 0 aliphatic heterocycles. The van der Waals surface area contributed by atoms with Gasteiger partial charge in [-0.1, -0.05) is 0 Å². The molecule has 178 valence electrons. The summed E-state index contributed by atoms with van der Waals surface area (Å²) in [4.78, 5) is 57.2. The molecule has 2 amide bonds. The van der Waals surface area contributed by atoms with Gasteiger partial charge in [-0.3, -0.25) is 24.0 Å². The molecule has 0 rings (SSSR count). The van der Waals surface area contributed by atoms with Crippen LogP contribution in [0.5, 0.6) is 0 Å². The second-order valence-corrected chi connectivity index (χ2v) is 6.69. The number of nitrogens with two attached hydrogens (primary N) is 1. The standard InChI is InChI=1S/C16H27N3O11S/c17-7(16(28)29)1-2-11(23)19-8(6-31)15(27)18-3-12(24)30-10(5-21)14(26)13(25)9(22)4-20/h5,7-10,13-14,20,22,25-26,31H,1-4,6,17H2,(H,18,27)(H,19,23)(H,28,29)/t7?,8?,9-,10+,13-,14-/m1/s1. The average Bonchev–Trinajstić information content (AvgIpc) is 2.75. The fourth-order valence-corrected chi connectivity index (χ4v) is 2.31. The zero-order chi connectivity index (χ0) is 24.1. The summed E-state index contributed by atoms with van der Waals surface area (Å²) in [5.74, 6) is -4.16. The van der Waals surface area contributed by atoms with E-state index >= 15 is 0 Å². The summed E-state index contributed by atoms with van der Waals surface area (Å²) in [6, 6.07) is -2.43. The number of aldehydes is 1. The lowest BCUT2D eigenvalue weighted by molar-refractivity contribution is -0.167. The number of hydrogen-bond donors (Lipinski definition) is 9. The molecule has 15 heteroatoms. The third-order valence-corrected chi connectivity index (χ3v) is 4.28. The van der Waals surface area contributed by atoms with Gasteiger partial charge >= 0.3 is 11.9 Å². The first kappa shape index (κ1) is 28.7. The number of carbonyl (C=O) groups is 5. The SMILES string of the molecule is NC(CCC(=O)NC(CS)C(=O)NCC(=O)O[C@@H](C=O)[C@@H](O)[C@H](O)[C@H](O)CO)C(=O)O. The Balaban J connectivity index is 4.62. The van der Waals surface area contributed by atoms with Crippen LogP contribution < -0.4 is 16.4 Å². The topological polar surface area (TPSA) is 246 Å². The molecule has 31 heavy (non-hydrogen) atoms. The van der Waals surface area contributed by atoms with Crippen LogP contribution in [-0.4, -0.2) is 111 Å². The Morgan fingerprint density at radius 2 is 1.74 bits per heavy atom. The van der Waals surface area contributed by atoms with Crippen LogP contribution in [0.3, 0.4) is 0 Å². The Morgan fingerprint density at radius 3 is 2.23 bits per heavy atom. The minimum absolute atomic E-state index is 0.0176. The summed E-state index contributed by atoms with van der Waals surface area (Å²) in [7, 11) is 0. The monoisotopic (exact) mass is 469 g/mol. The second kappa shape index (κ2) is 14.7. The molecule has 0 bridgehead atoms. The fraction of sp³-hybridized carbons (Fsp3) is 0.688. The number of nitrogens with one attached hydrogen (secondary N) is 2. The number of thiol groups is 1. The van der Waals surface area contributed by atoms with E-state index in [2.05, 4.69) is 28.0 Å². The molecule has 0 aromatic rings. The highest BCUT2D eigenvalue weighted by atomic mass is 32.1. The van der Waals surface area contributed by atoms with Gasteiger partial charge in [0.15, 0.2) is 12.4 Å². The highest BCUT2D eigenvalue weighted by Crippen LogP contribution is 2.07. The fourth-order valence-electron chi connectivity index (χ4n) is 2.05. The first-order chi connectivity index (χ1) is 14.5. The molecule has 0 spiro atoms. The molecular weight excluding hydrogens is 442 g/mol. The summed E-state index contributed by atoms with van der Waals surface area (Å²) in [5.41, 5.74) is 5.27. The number of rotatable bonds is 15. The molecule has 0 radical (unpaired) electrons. The molecule has 0 aliphatic rings. The molecule has 0 aromatic carbocycles. The van der Waals surface area contributed by atoms with Gasteiger partial charge in [-0.2, -0.15) is 12.6 Å². The predicted molar refractivity (Wildman–Crippen MR) is 105 cm³/mol. The molecule has 14 nitrogen and oxygen atoms in total. The molecular formula is C16H27N3O11S. The number of ether oxygens (including phenoxy) is 1. The Labute approximate surface area is 182 Å². The quantitative estimate of drug-likeness (QED) is 0.0621. The van der Waals surface area contributed by atoms with Crippen molar-refractivity contribution in [1.29, 1.82) is 0 Å². The minimum atomic E-state index is -2.04. The van der Waals surface area contributed by atoms with Crippen molar-refractivity contribution >= 4 is 42.7 Å². The van der Waals surface area contributed by atoms with Crippen molar-refractivity contribution in [1.82, 2.24) is 10.6 Å². The van der Waals surface area contributed by atoms with Gasteiger partial charge in [-0.15, -0.1) is 0 Å².